The van der Waals surface area contributed by atoms with E-state index < -0.39 is 15.9 Å². The Kier molecular flexibility index (Phi) is 7.95. The molecule has 4 rings (SSSR count). The van der Waals surface area contributed by atoms with E-state index in [2.05, 4.69) is 36.3 Å². The molecule has 1 aromatic heterocycles. The molecule has 0 saturated carbocycles. The van der Waals surface area contributed by atoms with Crippen molar-refractivity contribution in [2.24, 2.45) is 4.99 Å². The number of sulfonamides is 1. The maximum atomic E-state index is 13.1. The second kappa shape index (κ2) is 11.1. The van der Waals surface area contributed by atoms with Crippen LogP contribution in [0.5, 0.6) is 0 Å². The first-order chi connectivity index (χ1) is 17.4. The molecule has 0 N–H and O–H groups in total. The highest BCUT2D eigenvalue weighted by atomic mass is 32.2. The molecule has 0 aliphatic rings. The SMILES string of the molecule is C=CCN(CC=C)S(=O)(=O)c1ccc(C(=O)N=c2sc3c4ccccc4ccc3n2CCOC)cc1. The summed E-state index contributed by atoms with van der Waals surface area (Å²) in [7, 11) is -2.12. The molecule has 0 bridgehead atoms. The van der Waals surface area contributed by atoms with Crippen LogP contribution in [-0.2, 0) is 21.3 Å². The molecule has 1 heterocycles. The van der Waals surface area contributed by atoms with Crippen molar-refractivity contribution in [3.05, 3.63) is 96.3 Å². The minimum Gasteiger partial charge on any atom is -0.383 e. The van der Waals surface area contributed by atoms with Crippen LogP contribution in [-0.4, -0.2) is 50.0 Å². The fourth-order valence-electron chi connectivity index (χ4n) is 3.91. The first kappa shape index (κ1) is 25.7. The first-order valence-corrected chi connectivity index (χ1v) is 13.6. The van der Waals surface area contributed by atoms with Crippen LogP contribution in [0.25, 0.3) is 21.0 Å². The lowest BCUT2D eigenvalue weighted by Crippen LogP contribution is -2.31. The highest BCUT2D eigenvalue weighted by Gasteiger charge is 2.22. The summed E-state index contributed by atoms with van der Waals surface area (Å²) in [4.78, 5) is 18.1. The van der Waals surface area contributed by atoms with Gasteiger partial charge in [-0.1, -0.05) is 53.8 Å². The lowest BCUT2D eigenvalue weighted by atomic mass is 10.1. The number of thiazole rings is 1. The van der Waals surface area contributed by atoms with Crippen LogP contribution in [0.4, 0.5) is 0 Å². The van der Waals surface area contributed by atoms with Crippen molar-refractivity contribution in [3.8, 4) is 0 Å². The Morgan fingerprint density at radius 1 is 1.06 bits per heavy atom. The molecule has 9 heteroatoms. The molecular formula is C27H27N3O4S2. The smallest absolute Gasteiger partial charge is 0.279 e. The number of methoxy groups -OCH3 is 1. The van der Waals surface area contributed by atoms with Gasteiger partial charge in [-0.3, -0.25) is 4.79 Å². The second-order valence-electron chi connectivity index (χ2n) is 8.00. The van der Waals surface area contributed by atoms with E-state index in [0.29, 0.717) is 23.5 Å². The lowest BCUT2D eigenvalue weighted by Gasteiger charge is -2.19. The van der Waals surface area contributed by atoms with Crippen molar-refractivity contribution >= 4 is 48.3 Å². The van der Waals surface area contributed by atoms with Gasteiger partial charge in [-0.2, -0.15) is 9.30 Å². The summed E-state index contributed by atoms with van der Waals surface area (Å²) in [6, 6.07) is 18.0. The van der Waals surface area contributed by atoms with Crippen molar-refractivity contribution < 1.29 is 17.9 Å². The zero-order valence-electron chi connectivity index (χ0n) is 20.0. The molecule has 7 nitrogen and oxygen atoms in total. The fraction of sp³-hybridized carbons (Fsp3) is 0.185. The summed E-state index contributed by atoms with van der Waals surface area (Å²) in [5.41, 5.74) is 1.28. The Balaban J connectivity index is 1.73. The van der Waals surface area contributed by atoms with Crippen molar-refractivity contribution in [1.29, 1.82) is 0 Å². The molecule has 0 atom stereocenters. The van der Waals surface area contributed by atoms with Gasteiger partial charge in [-0.25, -0.2) is 8.42 Å². The van der Waals surface area contributed by atoms with Gasteiger partial charge in [0.1, 0.15) is 0 Å². The largest absolute Gasteiger partial charge is 0.383 e. The molecule has 0 aliphatic heterocycles. The van der Waals surface area contributed by atoms with E-state index in [1.54, 1.807) is 7.11 Å². The number of hydrogen-bond donors (Lipinski definition) is 0. The van der Waals surface area contributed by atoms with E-state index in [-0.39, 0.29) is 18.0 Å². The number of ether oxygens (including phenoxy) is 1. The van der Waals surface area contributed by atoms with Crippen LogP contribution in [0.3, 0.4) is 0 Å². The summed E-state index contributed by atoms with van der Waals surface area (Å²) in [6.45, 7) is 8.57. The molecule has 0 radical (unpaired) electrons. The highest BCUT2D eigenvalue weighted by molar-refractivity contribution is 7.89. The topological polar surface area (TPSA) is 81.0 Å². The number of aromatic nitrogens is 1. The molecule has 0 saturated heterocycles. The molecule has 0 unspecified atom stereocenters. The standard InChI is InChI=1S/C27H27N3O4S2/c1-4-16-29(17-5-2)36(32,33)22-13-10-21(11-14-22)26(31)28-27-30(18-19-34-3)24-15-12-20-8-6-7-9-23(20)25(24)35-27/h4-15H,1-2,16-19H2,3H3. The maximum Gasteiger partial charge on any atom is 0.279 e. The highest BCUT2D eigenvalue weighted by Crippen LogP contribution is 2.27. The number of rotatable bonds is 10. The van der Waals surface area contributed by atoms with Gasteiger partial charge in [-0.15, -0.1) is 13.2 Å². The van der Waals surface area contributed by atoms with E-state index in [9.17, 15) is 13.2 Å². The summed E-state index contributed by atoms with van der Waals surface area (Å²) in [6.07, 6.45) is 3.04. The average Bonchev–Trinajstić information content (AvgIpc) is 3.24. The Morgan fingerprint density at radius 3 is 2.42 bits per heavy atom. The summed E-state index contributed by atoms with van der Waals surface area (Å²) < 4.78 is 35.5. The van der Waals surface area contributed by atoms with Crippen LogP contribution in [0, 0.1) is 0 Å². The molecular weight excluding hydrogens is 494 g/mol. The quantitative estimate of drug-likeness (QED) is 0.286. The molecule has 3 aromatic carbocycles. The molecule has 0 fully saturated rings. The van der Waals surface area contributed by atoms with Gasteiger partial charge >= 0.3 is 0 Å². The Morgan fingerprint density at radius 2 is 1.75 bits per heavy atom. The molecule has 0 spiro atoms. The number of carbonyl (C=O) groups is 1. The van der Waals surface area contributed by atoms with Crippen LogP contribution in [0.1, 0.15) is 10.4 Å². The molecule has 36 heavy (non-hydrogen) atoms. The van der Waals surface area contributed by atoms with Gasteiger partial charge < -0.3 is 9.30 Å². The third-order valence-electron chi connectivity index (χ3n) is 5.69. The average molecular weight is 522 g/mol. The molecule has 186 valence electrons. The molecule has 0 aliphatic carbocycles. The Hall–Kier alpha value is -3.37. The van der Waals surface area contributed by atoms with Crippen molar-refractivity contribution in [3.63, 3.8) is 0 Å². The monoisotopic (exact) mass is 521 g/mol. The zero-order chi connectivity index (χ0) is 25.7. The van der Waals surface area contributed by atoms with E-state index in [0.717, 1.165) is 21.0 Å². The van der Waals surface area contributed by atoms with Crippen molar-refractivity contribution in [1.82, 2.24) is 8.87 Å². The van der Waals surface area contributed by atoms with Gasteiger partial charge in [0, 0.05) is 37.7 Å². The third kappa shape index (κ3) is 5.10. The van der Waals surface area contributed by atoms with Crippen LogP contribution >= 0.6 is 11.3 Å². The fourth-order valence-corrected chi connectivity index (χ4v) is 6.48. The third-order valence-corrected chi connectivity index (χ3v) is 8.67. The van der Waals surface area contributed by atoms with Gasteiger partial charge in [-0.05, 0) is 35.7 Å². The predicted molar refractivity (Wildman–Crippen MR) is 145 cm³/mol. The summed E-state index contributed by atoms with van der Waals surface area (Å²) in [5.74, 6) is -0.449. The second-order valence-corrected chi connectivity index (χ2v) is 10.9. The minimum absolute atomic E-state index is 0.0891. The van der Waals surface area contributed by atoms with Crippen molar-refractivity contribution in [2.75, 3.05) is 26.8 Å². The van der Waals surface area contributed by atoms with E-state index in [4.69, 9.17) is 4.74 Å². The van der Waals surface area contributed by atoms with Gasteiger partial charge in [0.15, 0.2) is 4.80 Å². The minimum atomic E-state index is -3.75. The van der Waals surface area contributed by atoms with Gasteiger partial charge in [0.2, 0.25) is 10.0 Å². The van der Waals surface area contributed by atoms with E-state index in [1.165, 1.54) is 52.1 Å². The van der Waals surface area contributed by atoms with E-state index in [1.807, 2.05) is 22.8 Å². The summed E-state index contributed by atoms with van der Waals surface area (Å²) in [5, 5.41) is 2.21. The molecule has 1 amide bonds. The predicted octanol–water partition coefficient (Wildman–Crippen LogP) is 4.61. The van der Waals surface area contributed by atoms with Crippen LogP contribution < -0.4 is 4.80 Å². The first-order valence-electron chi connectivity index (χ1n) is 11.3. The lowest BCUT2D eigenvalue weighted by molar-refractivity contribution is 0.0997. The normalized spacial score (nSPS) is 12.4. The summed E-state index contributed by atoms with van der Waals surface area (Å²) >= 11 is 1.45. The van der Waals surface area contributed by atoms with Gasteiger partial charge in [0.25, 0.3) is 5.91 Å². The number of carbonyl (C=O) groups excluding carboxylic acids is 1. The van der Waals surface area contributed by atoms with Crippen LogP contribution in [0.15, 0.2) is 95.9 Å². The number of benzene rings is 3. The van der Waals surface area contributed by atoms with Gasteiger partial charge in [0.05, 0.1) is 21.7 Å². The maximum absolute atomic E-state index is 13.1. The van der Waals surface area contributed by atoms with Crippen molar-refractivity contribution in [2.45, 2.75) is 11.4 Å². The molecule has 4 aromatic rings. The van der Waals surface area contributed by atoms with E-state index >= 15 is 0 Å². The number of nitrogens with zero attached hydrogens (tertiary/aromatic N) is 3. The zero-order valence-corrected chi connectivity index (χ0v) is 21.6. The number of hydrogen-bond acceptors (Lipinski definition) is 5. The Labute approximate surface area is 214 Å². The van der Waals surface area contributed by atoms with Crippen LogP contribution in [0.2, 0.25) is 0 Å². The number of amides is 1. The Bertz CT molecular complexity index is 1590. The number of fused-ring (bicyclic) bond motifs is 3.